The molecular weight excluding hydrogens is 260 g/mol. The molecule has 1 heterocycles. The lowest BCUT2D eigenvalue weighted by atomic mass is 10.00. The van der Waals surface area contributed by atoms with Crippen molar-refractivity contribution in [1.29, 1.82) is 0 Å². The Morgan fingerprint density at radius 1 is 0.619 bits per heavy atom. The Morgan fingerprint density at radius 2 is 1.14 bits per heavy atom. The van der Waals surface area contributed by atoms with E-state index in [1.54, 1.807) is 0 Å². The lowest BCUT2D eigenvalue weighted by Crippen LogP contribution is -2.40. The summed E-state index contributed by atoms with van der Waals surface area (Å²) in [5.74, 6) is -0.229. The molecule has 0 atom stereocenters. The van der Waals surface area contributed by atoms with Gasteiger partial charge >= 0.3 is 0 Å². The third kappa shape index (κ3) is 8.83. The van der Waals surface area contributed by atoms with Crippen LogP contribution in [0.15, 0.2) is 0 Å². The summed E-state index contributed by atoms with van der Waals surface area (Å²) < 4.78 is 11.9. The van der Waals surface area contributed by atoms with Crippen LogP contribution in [-0.4, -0.2) is 19.0 Å². The van der Waals surface area contributed by atoms with Crippen molar-refractivity contribution in [2.75, 3.05) is 13.2 Å². The van der Waals surface area contributed by atoms with Crippen molar-refractivity contribution >= 4 is 0 Å². The highest BCUT2D eigenvalue weighted by atomic mass is 16.7. The van der Waals surface area contributed by atoms with E-state index in [1.807, 2.05) is 0 Å². The van der Waals surface area contributed by atoms with Crippen molar-refractivity contribution in [3.05, 3.63) is 0 Å². The molecule has 0 radical (unpaired) electrons. The van der Waals surface area contributed by atoms with Crippen LogP contribution in [-0.2, 0) is 9.47 Å². The topological polar surface area (TPSA) is 18.5 Å². The zero-order valence-electron chi connectivity index (χ0n) is 14.6. The molecule has 0 saturated carbocycles. The summed E-state index contributed by atoms with van der Waals surface area (Å²) in [5.41, 5.74) is 0. The molecule has 0 aromatic heterocycles. The van der Waals surface area contributed by atoms with E-state index in [0.29, 0.717) is 0 Å². The van der Waals surface area contributed by atoms with Crippen LogP contribution in [0.4, 0.5) is 0 Å². The molecule has 1 fully saturated rings. The molecule has 0 aromatic carbocycles. The molecule has 0 spiro atoms. The van der Waals surface area contributed by atoms with E-state index in [0.717, 1.165) is 38.9 Å². The Kier molecular flexibility index (Phi) is 11.3. The second-order valence-electron chi connectivity index (χ2n) is 6.64. The van der Waals surface area contributed by atoms with Crippen LogP contribution in [0.3, 0.4) is 0 Å². The van der Waals surface area contributed by atoms with Gasteiger partial charge in [-0.3, -0.25) is 0 Å². The quantitative estimate of drug-likeness (QED) is 0.375. The second kappa shape index (κ2) is 12.5. The van der Waals surface area contributed by atoms with Gasteiger partial charge in [0, 0.05) is 12.8 Å². The van der Waals surface area contributed by atoms with Gasteiger partial charge in [-0.05, 0) is 12.8 Å². The lowest BCUT2D eigenvalue weighted by Gasteiger charge is -2.37. The molecule has 0 bridgehead atoms. The fourth-order valence-corrected chi connectivity index (χ4v) is 3.29. The third-order valence-corrected chi connectivity index (χ3v) is 4.56. The molecule has 1 rings (SSSR count). The van der Waals surface area contributed by atoms with Crippen molar-refractivity contribution < 1.29 is 9.47 Å². The van der Waals surface area contributed by atoms with Gasteiger partial charge in [0.05, 0.1) is 13.2 Å². The van der Waals surface area contributed by atoms with Crippen molar-refractivity contribution in [1.82, 2.24) is 0 Å². The molecule has 0 aliphatic carbocycles. The van der Waals surface area contributed by atoms with Gasteiger partial charge in [0.25, 0.3) is 0 Å². The number of unbranched alkanes of at least 4 members (excludes halogenated alkanes) is 9. The average molecular weight is 299 g/mol. The van der Waals surface area contributed by atoms with Crippen LogP contribution in [0.25, 0.3) is 0 Å². The predicted octanol–water partition coefficient (Wildman–Crippen LogP) is 6.23. The fraction of sp³-hybridized carbons (Fsp3) is 1.00. The van der Waals surface area contributed by atoms with Crippen molar-refractivity contribution in [2.45, 2.75) is 110 Å². The van der Waals surface area contributed by atoms with Crippen LogP contribution in [0.1, 0.15) is 104 Å². The van der Waals surface area contributed by atoms with Crippen molar-refractivity contribution in [3.63, 3.8) is 0 Å². The molecule has 0 unspecified atom stereocenters. The first-order valence-electron chi connectivity index (χ1n) is 9.61. The van der Waals surface area contributed by atoms with Gasteiger partial charge in [0.2, 0.25) is 0 Å². The van der Waals surface area contributed by atoms with Gasteiger partial charge in [0.1, 0.15) is 0 Å². The largest absolute Gasteiger partial charge is 0.350 e. The Hall–Kier alpha value is -0.0800. The summed E-state index contributed by atoms with van der Waals surface area (Å²) in [6.07, 6.45) is 18.3. The fourth-order valence-electron chi connectivity index (χ4n) is 3.29. The molecule has 1 aliphatic heterocycles. The van der Waals surface area contributed by atoms with Crippen LogP contribution >= 0.6 is 0 Å². The van der Waals surface area contributed by atoms with Gasteiger partial charge in [-0.15, -0.1) is 0 Å². The summed E-state index contributed by atoms with van der Waals surface area (Å²) in [6, 6.07) is 0. The molecule has 2 heteroatoms. The van der Waals surface area contributed by atoms with E-state index in [9.17, 15) is 0 Å². The molecule has 21 heavy (non-hydrogen) atoms. The zero-order valence-corrected chi connectivity index (χ0v) is 14.6. The normalized spacial score (nSPS) is 18.0. The van der Waals surface area contributed by atoms with Gasteiger partial charge in [-0.2, -0.15) is 0 Å². The van der Waals surface area contributed by atoms with Crippen molar-refractivity contribution in [3.8, 4) is 0 Å². The standard InChI is InChI=1S/C19H38O2/c1-3-5-6-7-8-9-10-11-12-13-16-19(15-4-2)20-17-14-18-21-19/h3-18H2,1-2H3. The summed E-state index contributed by atoms with van der Waals surface area (Å²) >= 11 is 0. The summed E-state index contributed by atoms with van der Waals surface area (Å²) in [4.78, 5) is 0. The molecule has 0 amide bonds. The lowest BCUT2D eigenvalue weighted by molar-refractivity contribution is -0.274. The molecule has 2 nitrogen and oxygen atoms in total. The Morgan fingerprint density at radius 3 is 1.67 bits per heavy atom. The minimum absolute atomic E-state index is 0.229. The number of hydrogen-bond acceptors (Lipinski definition) is 2. The highest BCUT2D eigenvalue weighted by Gasteiger charge is 2.32. The smallest absolute Gasteiger partial charge is 0.168 e. The minimum Gasteiger partial charge on any atom is -0.350 e. The van der Waals surface area contributed by atoms with E-state index in [1.165, 1.54) is 64.2 Å². The van der Waals surface area contributed by atoms with E-state index in [2.05, 4.69) is 13.8 Å². The first-order chi connectivity index (χ1) is 10.3. The van der Waals surface area contributed by atoms with Gasteiger partial charge in [-0.25, -0.2) is 0 Å². The molecule has 1 saturated heterocycles. The number of rotatable bonds is 13. The molecule has 0 N–H and O–H groups in total. The Bertz CT molecular complexity index is 216. The Labute approximate surface area is 133 Å². The predicted molar refractivity (Wildman–Crippen MR) is 90.6 cm³/mol. The van der Waals surface area contributed by atoms with E-state index in [-0.39, 0.29) is 5.79 Å². The summed E-state index contributed by atoms with van der Waals surface area (Å²) in [7, 11) is 0. The van der Waals surface area contributed by atoms with Gasteiger partial charge in [-0.1, -0.05) is 78.1 Å². The van der Waals surface area contributed by atoms with Crippen LogP contribution in [0.2, 0.25) is 0 Å². The van der Waals surface area contributed by atoms with E-state index in [4.69, 9.17) is 9.47 Å². The maximum Gasteiger partial charge on any atom is 0.168 e. The number of hydrogen-bond donors (Lipinski definition) is 0. The van der Waals surface area contributed by atoms with Gasteiger partial charge < -0.3 is 9.47 Å². The first kappa shape index (κ1) is 19.0. The molecule has 0 aromatic rings. The third-order valence-electron chi connectivity index (χ3n) is 4.56. The van der Waals surface area contributed by atoms with E-state index >= 15 is 0 Å². The highest BCUT2D eigenvalue weighted by Crippen LogP contribution is 2.30. The van der Waals surface area contributed by atoms with Crippen molar-refractivity contribution in [2.24, 2.45) is 0 Å². The number of ether oxygens (including phenoxy) is 2. The molecule has 1 aliphatic rings. The van der Waals surface area contributed by atoms with Gasteiger partial charge in [0.15, 0.2) is 5.79 Å². The maximum absolute atomic E-state index is 5.97. The monoisotopic (exact) mass is 298 g/mol. The summed E-state index contributed by atoms with van der Waals surface area (Å²) in [6.45, 7) is 6.28. The highest BCUT2D eigenvalue weighted by molar-refractivity contribution is 4.72. The van der Waals surface area contributed by atoms with Crippen LogP contribution < -0.4 is 0 Å². The van der Waals surface area contributed by atoms with E-state index < -0.39 is 0 Å². The zero-order chi connectivity index (χ0) is 15.2. The first-order valence-corrected chi connectivity index (χ1v) is 9.61. The van der Waals surface area contributed by atoms with Crippen LogP contribution in [0, 0.1) is 0 Å². The Balaban J connectivity index is 1.96. The molecular formula is C19H38O2. The molecule has 126 valence electrons. The summed E-state index contributed by atoms with van der Waals surface area (Å²) in [5, 5.41) is 0. The average Bonchev–Trinajstić information content (AvgIpc) is 2.50. The maximum atomic E-state index is 5.97. The second-order valence-corrected chi connectivity index (χ2v) is 6.64. The van der Waals surface area contributed by atoms with Crippen LogP contribution in [0.5, 0.6) is 0 Å². The minimum atomic E-state index is -0.229. The SMILES string of the molecule is CCCCCCCCCCCCC1(CCC)OCCCO1.